The van der Waals surface area contributed by atoms with Crippen LogP contribution >= 0.6 is 0 Å². The fraction of sp³-hybridized carbons (Fsp3) is 0.708. The molecule has 0 bridgehead atoms. The van der Waals surface area contributed by atoms with Crippen molar-refractivity contribution in [3.8, 4) is 11.8 Å². The average molecular weight is 337 g/mol. The predicted octanol–water partition coefficient (Wildman–Crippen LogP) is 5.57. The zero-order chi connectivity index (χ0) is 17.8. The van der Waals surface area contributed by atoms with Crippen LogP contribution in [0.5, 0.6) is 0 Å². The van der Waals surface area contributed by atoms with Gasteiger partial charge in [0.1, 0.15) is 0 Å². The molecule has 0 spiro atoms. The van der Waals surface area contributed by atoms with Gasteiger partial charge in [0, 0.05) is 11.3 Å². The van der Waals surface area contributed by atoms with Crippen molar-refractivity contribution < 1.29 is 4.79 Å². The molecule has 0 aromatic heterocycles. The second-order valence-electron chi connectivity index (χ2n) is 9.51. The van der Waals surface area contributed by atoms with Crippen LogP contribution in [0.2, 0.25) is 0 Å². The molecule has 0 N–H and O–H groups in total. The van der Waals surface area contributed by atoms with Gasteiger partial charge in [-0.15, -0.1) is 11.8 Å². The molecular weight excluding hydrogens is 304 g/mol. The zero-order valence-electron chi connectivity index (χ0n) is 16.3. The maximum absolute atomic E-state index is 11.9. The summed E-state index contributed by atoms with van der Waals surface area (Å²) in [5.41, 5.74) is 2.01. The first-order chi connectivity index (χ1) is 11.9. The van der Waals surface area contributed by atoms with Gasteiger partial charge in [-0.3, -0.25) is 4.79 Å². The van der Waals surface area contributed by atoms with Crippen LogP contribution in [0.15, 0.2) is 23.8 Å². The van der Waals surface area contributed by atoms with Crippen LogP contribution in [-0.2, 0) is 4.79 Å². The normalized spacial score (nSPS) is 46.2. The molecule has 4 aliphatic carbocycles. The van der Waals surface area contributed by atoms with Crippen molar-refractivity contribution in [3.05, 3.63) is 23.8 Å². The van der Waals surface area contributed by atoms with E-state index < -0.39 is 0 Å². The molecular formula is C24H32O. The molecule has 0 aliphatic heterocycles. The molecule has 3 saturated carbocycles. The van der Waals surface area contributed by atoms with Crippen molar-refractivity contribution in [2.75, 3.05) is 0 Å². The van der Waals surface area contributed by atoms with Gasteiger partial charge >= 0.3 is 0 Å². The Bertz CT molecular complexity index is 701. The Balaban J connectivity index is 1.64. The minimum absolute atomic E-state index is 0.130. The summed E-state index contributed by atoms with van der Waals surface area (Å²) in [5, 5.41) is 0. The number of hydrogen-bond acceptors (Lipinski definition) is 1. The molecule has 3 fully saturated rings. The third-order valence-corrected chi connectivity index (χ3v) is 8.61. The lowest BCUT2D eigenvalue weighted by Crippen LogP contribution is -2.50. The summed E-state index contributed by atoms with van der Waals surface area (Å²) >= 11 is 0. The van der Waals surface area contributed by atoms with Crippen LogP contribution in [0.25, 0.3) is 0 Å². The molecule has 0 amide bonds. The molecule has 1 heteroatoms. The fourth-order valence-corrected chi connectivity index (χ4v) is 7.39. The molecule has 0 heterocycles. The highest BCUT2D eigenvalue weighted by molar-refractivity contribution is 6.01. The van der Waals surface area contributed by atoms with E-state index in [1.807, 2.05) is 19.1 Å². The maximum Gasteiger partial charge on any atom is 0.178 e. The summed E-state index contributed by atoms with van der Waals surface area (Å²) in [5.74, 6) is 10.5. The summed E-state index contributed by atoms with van der Waals surface area (Å²) in [6.45, 7) is 9.31. The molecule has 4 aliphatic rings. The Labute approximate surface area is 153 Å². The van der Waals surface area contributed by atoms with Crippen LogP contribution < -0.4 is 0 Å². The number of hydrogen-bond donors (Lipinski definition) is 0. The van der Waals surface area contributed by atoms with Crippen molar-refractivity contribution in [3.63, 3.8) is 0 Å². The highest BCUT2D eigenvalue weighted by Crippen LogP contribution is 2.66. The van der Waals surface area contributed by atoms with Gasteiger partial charge in [-0.25, -0.2) is 0 Å². The molecule has 4 rings (SSSR count). The summed E-state index contributed by atoms with van der Waals surface area (Å²) in [6, 6.07) is 0. The van der Waals surface area contributed by atoms with E-state index in [0.717, 1.165) is 30.1 Å². The van der Waals surface area contributed by atoms with E-state index in [-0.39, 0.29) is 11.2 Å². The molecule has 0 aromatic rings. The number of ketones is 1. The Morgan fingerprint density at radius 3 is 2.72 bits per heavy atom. The number of carbonyl (C=O) groups is 1. The number of rotatable bonds is 1. The van der Waals surface area contributed by atoms with E-state index >= 15 is 0 Å². The van der Waals surface area contributed by atoms with Crippen LogP contribution in [0.1, 0.15) is 66.2 Å². The van der Waals surface area contributed by atoms with Gasteiger partial charge < -0.3 is 0 Å². The van der Waals surface area contributed by atoms with E-state index in [4.69, 9.17) is 0 Å². The van der Waals surface area contributed by atoms with E-state index in [9.17, 15) is 4.79 Å². The van der Waals surface area contributed by atoms with E-state index in [0.29, 0.717) is 11.3 Å². The van der Waals surface area contributed by atoms with Gasteiger partial charge in [-0.1, -0.05) is 32.4 Å². The first kappa shape index (κ1) is 17.1. The van der Waals surface area contributed by atoms with Crippen LogP contribution in [0.3, 0.4) is 0 Å². The molecule has 0 saturated heterocycles. The quantitative estimate of drug-likeness (QED) is 0.572. The van der Waals surface area contributed by atoms with E-state index in [2.05, 4.69) is 38.7 Å². The van der Waals surface area contributed by atoms with Crippen molar-refractivity contribution in [2.24, 2.45) is 40.4 Å². The highest BCUT2D eigenvalue weighted by atomic mass is 16.1. The summed E-state index contributed by atoms with van der Waals surface area (Å²) < 4.78 is 0. The Hall–Kier alpha value is -1.29. The second-order valence-corrected chi connectivity index (χ2v) is 9.51. The smallest absolute Gasteiger partial charge is 0.178 e. The molecule has 1 nitrogen and oxygen atoms in total. The first-order valence-corrected chi connectivity index (χ1v) is 10.3. The lowest BCUT2D eigenvalue weighted by Gasteiger charge is -2.57. The lowest BCUT2D eigenvalue weighted by atomic mass is 9.47. The maximum atomic E-state index is 11.9. The van der Waals surface area contributed by atoms with Gasteiger partial charge in [0.05, 0.1) is 0 Å². The zero-order valence-corrected chi connectivity index (χ0v) is 16.3. The van der Waals surface area contributed by atoms with Crippen molar-refractivity contribution in [2.45, 2.75) is 66.2 Å². The monoisotopic (exact) mass is 336 g/mol. The first-order valence-electron chi connectivity index (χ1n) is 10.3. The van der Waals surface area contributed by atoms with Crippen LogP contribution in [-0.4, -0.2) is 5.78 Å². The molecule has 7 atom stereocenters. The van der Waals surface area contributed by atoms with E-state index in [1.165, 1.54) is 37.7 Å². The van der Waals surface area contributed by atoms with Gasteiger partial charge in [-0.05, 0) is 86.7 Å². The Morgan fingerprint density at radius 1 is 1.16 bits per heavy atom. The fourth-order valence-electron chi connectivity index (χ4n) is 7.39. The molecule has 5 unspecified atom stereocenters. The Kier molecular flexibility index (Phi) is 4.02. The number of fused-ring (bicyclic) bond motifs is 5. The van der Waals surface area contributed by atoms with Crippen LogP contribution in [0.4, 0.5) is 0 Å². The summed E-state index contributed by atoms with van der Waals surface area (Å²) in [6.07, 6.45) is 13.8. The molecule has 0 radical (unpaired) electrons. The highest BCUT2D eigenvalue weighted by Gasteiger charge is 2.58. The summed E-state index contributed by atoms with van der Waals surface area (Å²) in [7, 11) is 0. The van der Waals surface area contributed by atoms with Gasteiger partial charge in [0.25, 0.3) is 0 Å². The average Bonchev–Trinajstić information content (AvgIpc) is 2.93. The minimum Gasteiger partial charge on any atom is -0.290 e. The largest absolute Gasteiger partial charge is 0.290 e. The third-order valence-electron chi connectivity index (χ3n) is 8.61. The third kappa shape index (κ3) is 2.40. The number of carbonyl (C=O) groups excluding carboxylic acids is 1. The lowest BCUT2D eigenvalue weighted by molar-refractivity contribution is -0.111. The topological polar surface area (TPSA) is 17.1 Å². The van der Waals surface area contributed by atoms with Gasteiger partial charge in [0.15, 0.2) is 5.78 Å². The predicted molar refractivity (Wildman–Crippen MR) is 103 cm³/mol. The van der Waals surface area contributed by atoms with Crippen molar-refractivity contribution in [1.29, 1.82) is 0 Å². The SMILES string of the molecule is CC#CC(C)C1CCC2C3CCC4=CC(=O)C=C[C@]4(C)C3CC[C@]12C. The van der Waals surface area contributed by atoms with Gasteiger partial charge in [-0.2, -0.15) is 0 Å². The number of allylic oxidation sites excluding steroid dienone is 4. The van der Waals surface area contributed by atoms with Gasteiger partial charge in [0.2, 0.25) is 0 Å². The van der Waals surface area contributed by atoms with Crippen molar-refractivity contribution >= 4 is 5.78 Å². The second kappa shape index (κ2) is 5.87. The van der Waals surface area contributed by atoms with Crippen molar-refractivity contribution in [1.82, 2.24) is 0 Å². The standard InChI is InChI=1S/C24H32O/c1-5-6-16(2)20-9-10-21-19-8-7-17-15-18(25)11-13-23(17,3)22(19)12-14-24(20,21)4/h11,13,15-16,19-22H,7-10,12,14H2,1-4H3/t16?,19?,20?,21?,22?,23-,24+/m0/s1. The van der Waals surface area contributed by atoms with Crippen LogP contribution in [0, 0.1) is 52.3 Å². The molecule has 25 heavy (non-hydrogen) atoms. The van der Waals surface area contributed by atoms with E-state index in [1.54, 1.807) is 0 Å². The Morgan fingerprint density at radius 2 is 1.96 bits per heavy atom. The molecule has 134 valence electrons. The minimum atomic E-state index is 0.130. The molecule has 0 aromatic carbocycles. The summed E-state index contributed by atoms with van der Waals surface area (Å²) in [4.78, 5) is 11.9.